The Balaban J connectivity index is 1.23. The number of benzene rings is 5. The smallest absolute Gasteiger partial charge is 0.103 e. The van der Waals surface area contributed by atoms with Crippen LogP contribution in [0.1, 0.15) is 41.5 Å². The first kappa shape index (κ1) is 29.0. The van der Waals surface area contributed by atoms with Gasteiger partial charge in [-0.15, -0.1) is 0 Å². The second-order valence-corrected chi connectivity index (χ2v) is 13.7. The second kappa shape index (κ2) is 12.1. The quantitative estimate of drug-likeness (QED) is 0.210. The zero-order chi connectivity index (χ0) is 32.0. The van der Waals surface area contributed by atoms with Crippen LogP contribution in [0.2, 0.25) is 0 Å². The third-order valence-corrected chi connectivity index (χ3v) is 10.9. The minimum absolute atomic E-state index is 0.0995. The van der Waals surface area contributed by atoms with Gasteiger partial charge in [0, 0.05) is 11.6 Å². The molecule has 4 aliphatic rings. The van der Waals surface area contributed by atoms with E-state index in [1.807, 2.05) is 0 Å². The minimum Gasteiger partial charge on any atom is -0.344 e. The summed E-state index contributed by atoms with van der Waals surface area (Å²) in [5.41, 5.74) is 12.4. The average Bonchev–Trinajstić information content (AvgIpc) is 3.54. The summed E-state index contributed by atoms with van der Waals surface area (Å²) in [5.74, 6) is 0.701. The van der Waals surface area contributed by atoms with E-state index in [9.17, 15) is 0 Å². The van der Waals surface area contributed by atoms with Gasteiger partial charge in [-0.3, -0.25) is 5.32 Å². The zero-order valence-corrected chi connectivity index (χ0v) is 27.3. The molecule has 2 heteroatoms. The van der Waals surface area contributed by atoms with E-state index in [2.05, 4.69) is 181 Å². The predicted molar refractivity (Wildman–Crippen MR) is 203 cm³/mol. The van der Waals surface area contributed by atoms with Crippen LogP contribution in [-0.2, 0) is 6.42 Å². The van der Waals surface area contributed by atoms with E-state index in [1.165, 1.54) is 61.0 Å². The molecule has 48 heavy (non-hydrogen) atoms. The summed E-state index contributed by atoms with van der Waals surface area (Å²) in [6.07, 6.45) is 21.1. The molecule has 5 aromatic rings. The lowest BCUT2D eigenvalue weighted by Gasteiger charge is -2.37. The van der Waals surface area contributed by atoms with Gasteiger partial charge in [-0.2, -0.15) is 0 Å². The van der Waals surface area contributed by atoms with Crippen LogP contribution in [-0.4, -0.2) is 18.2 Å². The molecule has 4 unspecified atom stereocenters. The van der Waals surface area contributed by atoms with Crippen LogP contribution in [0, 0.1) is 5.92 Å². The van der Waals surface area contributed by atoms with E-state index in [0.717, 1.165) is 12.8 Å². The van der Waals surface area contributed by atoms with E-state index in [-0.39, 0.29) is 18.2 Å². The number of nitrogens with zero attached hydrogens (tertiary/aromatic N) is 1. The molecule has 1 N–H and O–H groups in total. The van der Waals surface area contributed by atoms with Crippen molar-refractivity contribution < 1.29 is 0 Å². The molecule has 9 rings (SSSR count). The van der Waals surface area contributed by atoms with Gasteiger partial charge in [-0.05, 0) is 86.2 Å². The molecule has 1 heterocycles. The fourth-order valence-electron chi connectivity index (χ4n) is 8.65. The van der Waals surface area contributed by atoms with Gasteiger partial charge in [-0.25, -0.2) is 0 Å². The lowest BCUT2D eigenvalue weighted by atomic mass is 9.72. The van der Waals surface area contributed by atoms with Gasteiger partial charge in [0.05, 0.1) is 12.1 Å². The van der Waals surface area contributed by atoms with Crippen molar-refractivity contribution in [3.8, 4) is 11.1 Å². The molecule has 0 radical (unpaired) electrons. The molecule has 0 aromatic heterocycles. The highest BCUT2D eigenvalue weighted by Crippen LogP contribution is 2.48. The number of nitrogens with one attached hydrogen (secondary N) is 1. The average molecular weight is 621 g/mol. The number of hydrogen-bond acceptors (Lipinski definition) is 2. The molecule has 0 amide bonds. The van der Waals surface area contributed by atoms with Gasteiger partial charge in [0.2, 0.25) is 0 Å². The molecule has 5 atom stereocenters. The van der Waals surface area contributed by atoms with Crippen molar-refractivity contribution >= 4 is 28.1 Å². The number of anilines is 1. The molecule has 0 bridgehead atoms. The maximum absolute atomic E-state index is 4.07. The Kier molecular flexibility index (Phi) is 7.32. The summed E-state index contributed by atoms with van der Waals surface area (Å²) < 4.78 is 0. The first-order chi connectivity index (χ1) is 23.7. The van der Waals surface area contributed by atoms with Gasteiger partial charge in [0.15, 0.2) is 0 Å². The third kappa shape index (κ3) is 4.91. The summed E-state index contributed by atoms with van der Waals surface area (Å²) in [6, 6.07) is 42.5. The van der Waals surface area contributed by atoms with Crippen LogP contribution in [0.25, 0.3) is 33.5 Å². The molecule has 2 nitrogen and oxygen atoms in total. The van der Waals surface area contributed by atoms with E-state index in [0.29, 0.717) is 11.8 Å². The number of hydrogen-bond donors (Lipinski definition) is 1. The Morgan fingerprint density at radius 3 is 2.08 bits per heavy atom. The molecule has 0 saturated carbocycles. The molecule has 1 saturated heterocycles. The zero-order valence-electron chi connectivity index (χ0n) is 27.3. The monoisotopic (exact) mass is 620 g/mol. The molecule has 5 aromatic carbocycles. The van der Waals surface area contributed by atoms with Crippen LogP contribution in [0.4, 0.5) is 5.69 Å². The lowest BCUT2D eigenvalue weighted by Crippen LogP contribution is -2.42. The highest BCUT2D eigenvalue weighted by molar-refractivity contribution is 6.05. The highest BCUT2D eigenvalue weighted by atomic mass is 15.4. The van der Waals surface area contributed by atoms with Gasteiger partial charge in [0.25, 0.3) is 0 Å². The van der Waals surface area contributed by atoms with Crippen LogP contribution >= 0.6 is 0 Å². The van der Waals surface area contributed by atoms with Gasteiger partial charge < -0.3 is 4.90 Å². The molecular formula is C46H40N2. The predicted octanol–water partition coefficient (Wildman–Crippen LogP) is 10.5. The standard InChI is InChI=1S/C46H40N2/c1-31-29-40-41(30-39(31)46-47-42-23-13-14-24-43(42)48(46)36-19-9-4-10-20-36)44(34-17-7-3-8-18-34)37-21-11-12-22-38(37)45(40)35-27-25-33(26-28-35)32-15-5-2-6-16-32/h2-27,30-31,35,42-43,46-47H,28-29H2,1H3/t31?,35?,42?,43?,46-/m0/s1. The lowest BCUT2D eigenvalue weighted by molar-refractivity contribution is 0.549. The van der Waals surface area contributed by atoms with Crippen molar-refractivity contribution in [1.82, 2.24) is 5.32 Å². The number of fused-ring (bicyclic) bond motifs is 3. The fraction of sp³-hybridized carbons (Fsp3) is 0.174. The molecular weight excluding hydrogens is 581 g/mol. The summed E-state index contributed by atoms with van der Waals surface area (Å²) in [7, 11) is 0. The Morgan fingerprint density at radius 1 is 0.688 bits per heavy atom. The second-order valence-electron chi connectivity index (χ2n) is 13.7. The fourth-order valence-corrected chi connectivity index (χ4v) is 8.65. The van der Waals surface area contributed by atoms with Crippen molar-refractivity contribution in [3.63, 3.8) is 0 Å². The Hall–Kier alpha value is -5.18. The Labute approximate surface area is 284 Å². The summed E-state index contributed by atoms with van der Waals surface area (Å²) in [4.78, 5) is 2.61. The van der Waals surface area contributed by atoms with Crippen molar-refractivity contribution in [1.29, 1.82) is 0 Å². The summed E-state index contributed by atoms with van der Waals surface area (Å²) >= 11 is 0. The van der Waals surface area contributed by atoms with Crippen LogP contribution in [0.5, 0.6) is 0 Å². The topological polar surface area (TPSA) is 15.3 Å². The van der Waals surface area contributed by atoms with Crippen LogP contribution in [0.15, 0.2) is 163 Å². The highest BCUT2D eigenvalue weighted by Gasteiger charge is 2.43. The largest absolute Gasteiger partial charge is 0.344 e. The summed E-state index contributed by atoms with van der Waals surface area (Å²) in [5, 5.41) is 6.79. The van der Waals surface area contributed by atoms with Crippen molar-refractivity contribution in [2.24, 2.45) is 5.92 Å². The maximum Gasteiger partial charge on any atom is 0.103 e. The number of allylic oxidation sites excluding steroid dienone is 6. The SMILES string of the molecule is CC1Cc2c(c(-c3ccccc3)c3ccccc3c2C2C=CC(c3ccccc3)=CC2)C=C1[C@H]1NC2C=CC=CC2N1c1ccccc1. The minimum atomic E-state index is 0.0995. The third-order valence-electron chi connectivity index (χ3n) is 10.9. The van der Waals surface area contributed by atoms with Gasteiger partial charge in [-0.1, -0.05) is 159 Å². The molecule has 3 aliphatic carbocycles. The van der Waals surface area contributed by atoms with Crippen molar-refractivity contribution in [2.75, 3.05) is 4.90 Å². The molecule has 0 spiro atoms. The molecule has 1 fully saturated rings. The first-order valence-corrected chi connectivity index (χ1v) is 17.5. The van der Waals surface area contributed by atoms with Crippen molar-refractivity contribution in [3.05, 3.63) is 186 Å². The van der Waals surface area contributed by atoms with Crippen LogP contribution in [0.3, 0.4) is 0 Å². The summed E-state index contributed by atoms with van der Waals surface area (Å²) in [6.45, 7) is 2.44. The first-order valence-electron chi connectivity index (χ1n) is 17.5. The maximum atomic E-state index is 4.07. The number of para-hydroxylation sites is 1. The van der Waals surface area contributed by atoms with E-state index < -0.39 is 0 Å². The van der Waals surface area contributed by atoms with E-state index in [4.69, 9.17) is 0 Å². The Bertz CT molecular complexity index is 2130. The van der Waals surface area contributed by atoms with E-state index in [1.54, 1.807) is 0 Å². The van der Waals surface area contributed by atoms with Gasteiger partial charge in [0.1, 0.15) is 6.17 Å². The molecule has 1 aliphatic heterocycles. The normalized spacial score (nSPS) is 24.3. The van der Waals surface area contributed by atoms with E-state index >= 15 is 0 Å². The van der Waals surface area contributed by atoms with Crippen LogP contribution < -0.4 is 10.2 Å². The van der Waals surface area contributed by atoms with Crippen molar-refractivity contribution in [2.45, 2.75) is 43.9 Å². The number of rotatable bonds is 5. The molecule has 234 valence electrons. The Morgan fingerprint density at radius 2 is 1.35 bits per heavy atom. The van der Waals surface area contributed by atoms with Gasteiger partial charge >= 0.3 is 0 Å².